The first-order valence-electron chi connectivity index (χ1n) is 5.34. The van der Waals surface area contributed by atoms with Crippen LogP contribution in [0.4, 0.5) is 0 Å². The van der Waals surface area contributed by atoms with Gasteiger partial charge in [-0.05, 0) is 12.8 Å². The number of esters is 2. The first-order chi connectivity index (χ1) is 7.62. The maximum atomic E-state index is 11.9. The van der Waals surface area contributed by atoms with E-state index in [-0.39, 0.29) is 17.9 Å². The summed E-state index contributed by atoms with van der Waals surface area (Å²) in [6.45, 7) is 0. The third-order valence-electron chi connectivity index (χ3n) is 3.35. The van der Waals surface area contributed by atoms with Gasteiger partial charge in [-0.2, -0.15) is 0 Å². The van der Waals surface area contributed by atoms with Crippen molar-refractivity contribution in [2.45, 2.75) is 25.7 Å². The zero-order valence-electron chi connectivity index (χ0n) is 9.62. The van der Waals surface area contributed by atoms with Crippen LogP contribution in [-0.2, 0) is 19.1 Å². The van der Waals surface area contributed by atoms with Crippen molar-refractivity contribution in [3.63, 3.8) is 0 Å². The fraction of sp³-hybridized carbons (Fsp3) is 0.818. The molecule has 1 fully saturated rings. The average Bonchev–Trinajstić information content (AvgIpc) is 2.36. The Morgan fingerprint density at radius 1 is 1.31 bits per heavy atom. The Morgan fingerprint density at radius 2 is 2.00 bits per heavy atom. The third kappa shape index (κ3) is 2.33. The van der Waals surface area contributed by atoms with Gasteiger partial charge in [0.1, 0.15) is 0 Å². The first kappa shape index (κ1) is 13.7. The Balaban J connectivity index is 3.00. The zero-order valence-corrected chi connectivity index (χ0v) is 11.8. The largest absolute Gasteiger partial charge is 0.469 e. The van der Waals surface area contributed by atoms with E-state index in [1.165, 1.54) is 14.2 Å². The molecule has 0 aromatic heterocycles. The molecule has 2 atom stereocenters. The standard InChI is InChI=1S/C11H17IO4/c1-15-9(13)8-5-3-4-6-11(8,7-12)10(14)16-2/h8H,3-7H2,1-2H3. The molecule has 1 rings (SSSR count). The molecule has 92 valence electrons. The van der Waals surface area contributed by atoms with Crippen LogP contribution in [0, 0.1) is 11.3 Å². The molecule has 16 heavy (non-hydrogen) atoms. The highest BCUT2D eigenvalue weighted by Gasteiger charge is 2.51. The predicted octanol–water partition coefficient (Wildman–Crippen LogP) is 1.94. The Labute approximate surface area is 109 Å². The zero-order chi connectivity index (χ0) is 12.2. The van der Waals surface area contributed by atoms with Crippen LogP contribution in [0.15, 0.2) is 0 Å². The molecule has 4 nitrogen and oxygen atoms in total. The van der Waals surface area contributed by atoms with E-state index in [4.69, 9.17) is 9.47 Å². The van der Waals surface area contributed by atoms with Crippen molar-refractivity contribution in [1.29, 1.82) is 0 Å². The summed E-state index contributed by atoms with van der Waals surface area (Å²) in [5.74, 6) is -0.922. The summed E-state index contributed by atoms with van der Waals surface area (Å²) in [5, 5.41) is 0. The Kier molecular flexibility index (Phi) is 5.01. The smallest absolute Gasteiger partial charge is 0.313 e. The molecule has 0 amide bonds. The van der Waals surface area contributed by atoms with E-state index in [2.05, 4.69) is 22.6 Å². The van der Waals surface area contributed by atoms with E-state index in [9.17, 15) is 9.59 Å². The summed E-state index contributed by atoms with van der Waals surface area (Å²) in [5.41, 5.74) is -0.680. The Hall–Kier alpha value is -0.330. The molecule has 1 saturated carbocycles. The lowest BCUT2D eigenvalue weighted by molar-refractivity contribution is -0.167. The molecule has 0 radical (unpaired) electrons. The number of hydrogen-bond donors (Lipinski definition) is 0. The fourth-order valence-electron chi connectivity index (χ4n) is 2.39. The highest BCUT2D eigenvalue weighted by molar-refractivity contribution is 14.1. The Morgan fingerprint density at radius 3 is 2.50 bits per heavy atom. The molecule has 0 heterocycles. The highest BCUT2D eigenvalue weighted by Crippen LogP contribution is 2.44. The predicted molar refractivity (Wildman–Crippen MR) is 67.3 cm³/mol. The molecule has 0 aromatic carbocycles. The fourth-order valence-corrected chi connectivity index (χ4v) is 3.61. The molecule has 5 heteroatoms. The van der Waals surface area contributed by atoms with Gasteiger partial charge in [0.25, 0.3) is 0 Å². The van der Waals surface area contributed by atoms with Crippen molar-refractivity contribution in [2.24, 2.45) is 11.3 Å². The van der Waals surface area contributed by atoms with Gasteiger partial charge >= 0.3 is 11.9 Å². The molecular weight excluding hydrogens is 323 g/mol. The molecule has 1 aliphatic carbocycles. The minimum absolute atomic E-state index is 0.281. The van der Waals surface area contributed by atoms with E-state index in [1.807, 2.05) is 0 Å². The number of carbonyl (C=O) groups is 2. The second-order valence-electron chi connectivity index (χ2n) is 4.10. The molecule has 0 spiro atoms. The lowest BCUT2D eigenvalue weighted by atomic mass is 9.67. The van der Waals surface area contributed by atoms with Crippen LogP contribution >= 0.6 is 22.6 Å². The number of carbonyl (C=O) groups excluding carboxylic acids is 2. The average molecular weight is 340 g/mol. The molecule has 0 bridgehead atoms. The quantitative estimate of drug-likeness (QED) is 0.448. The summed E-state index contributed by atoms with van der Waals surface area (Å²) in [4.78, 5) is 23.6. The normalized spacial score (nSPS) is 29.6. The van der Waals surface area contributed by atoms with Gasteiger partial charge in [0.15, 0.2) is 0 Å². The van der Waals surface area contributed by atoms with E-state index in [0.29, 0.717) is 17.3 Å². The molecule has 2 unspecified atom stereocenters. The number of alkyl halides is 1. The summed E-state index contributed by atoms with van der Waals surface area (Å²) < 4.78 is 10.2. The minimum Gasteiger partial charge on any atom is -0.469 e. The van der Waals surface area contributed by atoms with Crippen molar-refractivity contribution in [3.8, 4) is 0 Å². The van der Waals surface area contributed by atoms with Crippen LogP contribution < -0.4 is 0 Å². The van der Waals surface area contributed by atoms with Crippen LogP contribution in [0.25, 0.3) is 0 Å². The van der Waals surface area contributed by atoms with Crippen LogP contribution in [-0.4, -0.2) is 30.6 Å². The number of rotatable bonds is 3. The van der Waals surface area contributed by atoms with E-state index in [0.717, 1.165) is 12.8 Å². The molecular formula is C11H17IO4. The molecule has 0 aromatic rings. The minimum atomic E-state index is -0.680. The van der Waals surface area contributed by atoms with Gasteiger partial charge in [-0.25, -0.2) is 0 Å². The van der Waals surface area contributed by atoms with Crippen molar-refractivity contribution < 1.29 is 19.1 Å². The topological polar surface area (TPSA) is 52.6 Å². The maximum Gasteiger partial charge on any atom is 0.313 e. The van der Waals surface area contributed by atoms with Crippen LogP contribution in [0.5, 0.6) is 0 Å². The van der Waals surface area contributed by atoms with Gasteiger partial charge in [-0.3, -0.25) is 9.59 Å². The SMILES string of the molecule is COC(=O)C1CCCCC1(CI)C(=O)OC. The third-order valence-corrected chi connectivity index (χ3v) is 4.71. The molecule has 0 saturated heterocycles. The number of ether oxygens (including phenoxy) is 2. The summed E-state index contributed by atoms with van der Waals surface area (Å²) >= 11 is 2.15. The number of methoxy groups -OCH3 is 2. The lowest BCUT2D eigenvalue weighted by Gasteiger charge is -2.38. The van der Waals surface area contributed by atoms with E-state index in [1.54, 1.807) is 0 Å². The van der Waals surface area contributed by atoms with Gasteiger partial charge in [0.05, 0.1) is 25.6 Å². The number of hydrogen-bond acceptors (Lipinski definition) is 4. The summed E-state index contributed by atoms with van der Waals surface area (Å²) in [7, 11) is 2.74. The van der Waals surface area contributed by atoms with E-state index >= 15 is 0 Å². The van der Waals surface area contributed by atoms with Gasteiger partial charge in [0, 0.05) is 4.43 Å². The molecule has 0 aliphatic heterocycles. The van der Waals surface area contributed by atoms with Gasteiger partial charge in [-0.15, -0.1) is 0 Å². The van der Waals surface area contributed by atoms with Crippen molar-refractivity contribution in [3.05, 3.63) is 0 Å². The highest BCUT2D eigenvalue weighted by atomic mass is 127. The van der Waals surface area contributed by atoms with Gasteiger partial charge in [0.2, 0.25) is 0 Å². The maximum absolute atomic E-state index is 11.9. The van der Waals surface area contributed by atoms with Gasteiger partial charge < -0.3 is 9.47 Å². The van der Waals surface area contributed by atoms with Crippen molar-refractivity contribution >= 4 is 34.5 Å². The second-order valence-corrected chi connectivity index (χ2v) is 4.87. The monoisotopic (exact) mass is 340 g/mol. The Bertz CT molecular complexity index is 279. The van der Waals surface area contributed by atoms with E-state index < -0.39 is 5.41 Å². The summed E-state index contributed by atoms with van der Waals surface area (Å²) in [6, 6.07) is 0. The van der Waals surface area contributed by atoms with Crippen LogP contribution in [0.1, 0.15) is 25.7 Å². The molecule has 0 N–H and O–H groups in total. The first-order valence-corrected chi connectivity index (χ1v) is 6.87. The van der Waals surface area contributed by atoms with Crippen molar-refractivity contribution in [2.75, 3.05) is 18.6 Å². The molecule has 1 aliphatic rings. The van der Waals surface area contributed by atoms with Gasteiger partial charge in [-0.1, -0.05) is 35.4 Å². The van der Waals surface area contributed by atoms with Crippen LogP contribution in [0.2, 0.25) is 0 Å². The van der Waals surface area contributed by atoms with Crippen molar-refractivity contribution in [1.82, 2.24) is 0 Å². The second kappa shape index (κ2) is 5.84. The lowest BCUT2D eigenvalue weighted by Crippen LogP contribution is -2.47. The van der Waals surface area contributed by atoms with Crippen LogP contribution in [0.3, 0.4) is 0 Å². The number of halogens is 1. The summed E-state index contributed by atoms with van der Waals surface area (Å²) in [6.07, 6.45) is 3.36.